The van der Waals surface area contributed by atoms with Crippen LogP contribution in [0.2, 0.25) is 0 Å². The van der Waals surface area contributed by atoms with E-state index in [9.17, 15) is 13.2 Å². The molecule has 4 rings (SSSR count). The summed E-state index contributed by atoms with van der Waals surface area (Å²) in [6.45, 7) is 5.66. The Labute approximate surface area is 246 Å². The van der Waals surface area contributed by atoms with Gasteiger partial charge in [-0.25, -0.2) is 8.42 Å². The zero-order chi connectivity index (χ0) is 27.7. The summed E-state index contributed by atoms with van der Waals surface area (Å²) in [4.78, 5) is 15.0. The molecule has 0 spiro atoms. The van der Waals surface area contributed by atoms with Gasteiger partial charge in [-0.15, -0.1) is 12.4 Å². The van der Waals surface area contributed by atoms with Crippen molar-refractivity contribution >= 4 is 34.0 Å². The average Bonchev–Trinajstić information content (AvgIpc) is 2.92. The molecule has 0 bridgehead atoms. The number of likely N-dealkylation sites (tertiary alicyclic amines) is 1. The summed E-state index contributed by atoms with van der Waals surface area (Å²) < 4.78 is 31.0. The number of rotatable bonds is 12. The molecule has 222 valence electrons. The molecule has 2 fully saturated rings. The number of nitrogens with one attached hydrogen (secondary N) is 3. The molecule has 0 aromatic heterocycles. The Balaban J connectivity index is 0.00000441. The molecule has 1 unspecified atom stereocenters. The number of piperidine rings is 1. The summed E-state index contributed by atoms with van der Waals surface area (Å²) in [6.07, 6.45) is 11.0. The minimum absolute atomic E-state index is 0. The molecule has 1 heterocycles. The largest absolute Gasteiger partial charge is 0.457 e. The molecule has 1 saturated carbocycles. The van der Waals surface area contributed by atoms with Gasteiger partial charge in [0.25, 0.3) is 0 Å². The Kier molecular flexibility index (Phi) is 12.6. The number of hydrogen-bond donors (Lipinski definition) is 3. The number of anilines is 1. The van der Waals surface area contributed by atoms with Crippen LogP contribution in [-0.2, 0) is 21.4 Å². The Bertz CT molecular complexity index is 1150. The predicted octanol–water partition coefficient (Wildman–Crippen LogP) is 5.30. The highest BCUT2D eigenvalue weighted by Crippen LogP contribution is 2.26. The predicted molar refractivity (Wildman–Crippen MR) is 164 cm³/mol. The zero-order valence-electron chi connectivity index (χ0n) is 23.7. The SMILES string of the molecule is CC(NC1CCN(Cc2ccc(Oc3ccc(NS(C)(=O)=O)cc3)cc2)CC1)C(=O)NCCC1CCCCC1.Cl. The van der Waals surface area contributed by atoms with Crippen LogP contribution in [-0.4, -0.2) is 57.2 Å². The number of carbonyl (C=O) groups is 1. The number of nitrogens with zero attached hydrogens (tertiary/aromatic N) is 1. The first-order valence-electron chi connectivity index (χ1n) is 14.3. The lowest BCUT2D eigenvalue weighted by atomic mass is 9.87. The molecular formula is C30H45ClN4O4S. The number of sulfonamides is 1. The van der Waals surface area contributed by atoms with Crippen molar-refractivity contribution in [3.8, 4) is 11.5 Å². The number of amides is 1. The lowest BCUT2D eigenvalue weighted by Gasteiger charge is -2.33. The highest BCUT2D eigenvalue weighted by molar-refractivity contribution is 7.92. The van der Waals surface area contributed by atoms with E-state index in [1.807, 2.05) is 19.1 Å². The maximum Gasteiger partial charge on any atom is 0.236 e. The third-order valence-corrected chi connectivity index (χ3v) is 8.37. The van der Waals surface area contributed by atoms with Gasteiger partial charge < -0.3 is 15.4 Å². The average molecular weight is 593 g/mol. The highest BCUT2D eigenvalue weighted by atomic mass is 35.5. The molecule has 10 heteroatoms. The first kappa shape index (κ1) is 32.2. The molecule has 1 amide bonds. The minimum atomic E-state index is -3.30. The van der Waals surface area contributed by atoms with E-state index in [0.29, 0.717) is 17.5 Å². The van der Waals surface area contributed by atoms with Crippen LogP contribution in [0.15, 0.2) is 48.5 Å². The molecule has 1 atom stereocenters. The fraction of sp³-hybridized carbons (Fsp3) is 0.567. The van der Waals surface area contributed by atoms with Crippen LogP contribution in [0, 0.1) is 5.92 Å². The molecule has 2 aliphatic rings. The Morgan fingerprint density at radius 1 is 0.950 bits per heavy atom. The van der Waals surface area contributed by atoms with E-state index >= 15 is 0 Å². The second kappa shape index (κ2) is 15.6. The molecule has 1 saturated heterocycles. The molecule has 40 heavy (non-hydrogen) atoms. The summed E-state index contributed by atoms with van der Waals surface area (Å²) >= 11 is 0. The highest BCUT2D eigenvalue weighted by Gasteiger charge is 2.23. The van der Waals surface area contributed by atoms with Crippen molar-refractivity contribution < 1.29 is 17.9 Å². The molecule has 2 aromatic rings. The summed E-state index contributed by atoms with van der Waals surface area (Å²) in [5.74, 6) is 2.29. The fourth-order valence-corrected chi connectivity index (χ4v) is 6.14. The molecular weight excluding hydrogens is 548 g/mol. The van der Waals surface area contributed by atoms with Crippen LogP contribution in [0.25, 0.3) is 0 Å². The van der Waals surface area contributed by atoms with Crippen molar-refractivity contribution in [1.82, 2.24) is 15.5 Å². The van der Waals surface area contributed by atoms with Crippen molar-refractivity contribution in [3.05, 3.63) is 54.1 Å². The number of carbonyl (C=O) groups excluding carboxylic acids is 1. The molecule has 0 radical (unpaired) electrons. The lowest BCUT2D eigenvalue weighted by molar-refractivity contribution is -0.123. The van der Waals surface area contributed by atoms with Gasteiger partial charge in [-0.3, -0.25) is 14.4 Å². The van der Waals surface area contributed by atoms with Gasteiger partial charge >= 0.3 is 0 Å². The van der Waals surface area contributed by atoms with E-state index in [-0.39, 0.29) is 24.4 Å². The first-order valence-corrected chi connectivity index (χ1v) is 16.2. The fourth-order valence-electron chi connectivity index (χ4n) is 5.58. The molecule has 2 aromatic carbocycles. The zero-order valence-corrected chi connectivity index (χ0v) is 25.4. The topological polar surface area (TPSA) is 99.8 Å². The third-order valence-electron chi connectivity index (χ3n) is 7.77. The van der Waals surface area contributed by atoms with Crippen LogP contribution >= 0.6 is 12.4 Å². The monoisotopic (exact) mass is 592 g/mol. The van der Waals surface area contributed by atoms with Crippen molar-refractivity contribution in [2.75, 3.05) is 30.6 Å². The van der Waals surface area contributed by atoms with E-state index in [1.54, 1.807) is 24.3 Å². The molecule has 1 aliphatic carbocycles. The second-order valence-electron chi connectivity index (χ2n) is 11.2. The van der Waals surface area contributed by atoms with E-state index in [1.165, 1.54) is 37.7 Å². The number of benzene rings is 2. The summed E-state index contributed by atoms with van der Waals surface area (Å²) in [7, 11) is -3.30. The quantitative estimate of drug-likeness (QED) is 0.309. The maximum absolute atomic E-state index is 12.6. The van der Waals surface area contributed by atoms with Gasteiger partial charge in [0, 0.05) is 24.8 Å². The second-order valence-corrected chi connectivity index (χ2v) is 12.9. The van der Waals surface area contributed by atoms with Gasteiger partial charge in [0.15, 0.2) is 0 Å². The van der Waals surface area contributed by atoms with Crippen molar-refractivity contribution in [2.45, 2.75) is 76.9 Å². The molecule has 8 nitrogen and oxygen atoms in total. The molecule has 3 N–H and O–H groups in total. The van der Waals surface area contributed by atoms with Gasteiger partial charge in [-0.1, -0.05) is 44.2 Å². The van der Waals surface area contributed by atoms with E-state index in [2.05, 4.69) is 32.4 Å². The van der Waals surface area contributed by atoms with Gasteiger partial charge in [0.2, 0.25) is 15.9 Å². The number of halogens is 1. The first-order chi connectivity index (χ1) is 18.7. The molecule has 1 aliphatic heterocycles. The Morgan fingerprint density at radius 2 is 1.55 bits per heavy atom. The van der Waals surface area contributed by atoms with E-state index < -0.39 is 10.0 Å². The number of hydrogen-bond acceptors (Lipinski definition) is 6. The van der Waals surface area contributed by atoms with E-state index in [0.717, 1.165) is 63.4 Å². The van der Waals surface area contributed by atoms with Crippen LogP contribution in [0.5, 0.6) is 11.5 Å². The van der Waals surface area contributed by atoms with Gasteiger partial charge in [-0.2, -0.15) is 0 Å². The van der Waals surface area contributed by atoms with Crippen molar-refractivity contribution in [2.24, 2.45) is 5.92 Å². The van der Waals surface area contributed by atoms with Crippen LogP contribution in [0.3, 0.4) is 0 Å². The third kappa shape index (κ3) is 10.9. The van der Waals surface area contributed by atoms with E-state index in [4.69, 9.17) is 4.74 Å². The van der Waals surface area contributed by atoms with Crippen molar-refractivity contribution in [1.29, 1.82) is 0 Å². The smallest absolute Gasteiger partial charge is 0.236 e. The number of ether oxygens (including phenoxy) is 1. The maximum atomic E-state index is 12.6. The lowest BCUT2D eigenvalue weighted by Crippen LogP contribution is -2.50. The van der Waals surface area contributed by atoms with Crippen LogP contribution in [0.4, 0.5) is 5.69 Å². The minimum Gasteiger partial charge on any atom is -0.457 e. The van der Waals surface area contributed by atoms with Crippen LogP contribution in [0.1, 0.15) is 63.9 Å². The van der Waals surface area contributed by atoms with Gasteiger partial charge in [0.05, 0.1) is 12.3 Å². The summed E-state index contributed by atoms with van der Waals surface area (Å²) in [6, 6.07) is 15.1. The normalized spacial score (nSPS) is 17.9. The van der Waals surface area contributed by atoms with Gasteiger partial charge in [-0.05, 0) is 87.2 Å². The standard InChI is InChI=1S/C30H44N4O4S.ClH/c1-23(30(35)31-19-16-24-6-4-3-5-7-24)32-26-17-20-34(21-18-26)22-25-8-12-28(13-9-25)38-29-14-10-27(11-15-29)33-39(2,36)37;/h8-15,23-24,26,32-33H,3-7,16-22H2,1-2H3,(H,31,35);1H. The van der Waals surface area contributed by atoms with Gasteiger partial charge in [0.1, 0.15) is 11.5 Å². The Hall–Kier alpha value is -2.33. The van der Waals surface area contributed by atoms with Crippen LogP contribution < -0.4 is 20.1 Å². The Morgan fingerprint density at radius 3 is 2.15 bits per heavy atom. The van der Waals surface area contributed by atoms with Crippen molar-refractivity contribution in [3.63, 3.8) is 0 Å². The summed E-state index contributed by atoms with van der Waals surface area (Å²) in [5.41, 5.74) is 1.73. The summed E-state index contributed by atoms with van der Waals surface area (Å²) in [5, 5.41) is 6.69.